The Morgan fingerprint density at radius 2 is 1.51 bits per heavy atom. The molecule has 0 saturated carbocycles. The Hall–Kier alpha value is -4.46. The number of amides is 1. The smallest absolute Gasteiger partial charge is 0.254 e. The molecule has 0 N–H and O–H groups in total. The molecule has 0 radical (unpaired) electrons. The number of piperazine rings is 1. The average molecular weight is 500 g/mol. The van der Waals surface area contributed by atoms with Crippen LogP contribution in [0.15, 0.2) is 77.3 Å². The number of methoxy groups -OCH3 is 3. The van der Waals surface area contributed by atoms with Gasteiger partial charge in [0.2, 0.25) is 5.89 Å². The zero-order chi connectivity index (χ0) is 25.8. The molecule has 0 aliphatic carbocycles. The first kappa shape index (κ1) is 24.2. The van der Waals surface area contributed by atoms with Gasteiger partial charge in [-0.1, -0.05) is 12.1 Å². The summed E-state index contributed by atoms with van der Waals surface area (Å²) in [6.07, 6.45) is 1.65. The second kappa shape index (κ2) is 10.7. The number of aromatic nitrogens is 1. The highest BCUT2D eigenvalue weighted by Crippen LogP contribution is 2.36. The van der Waals surface area contributed by atoms with E-state index in [0.717, 1.165) is 30.1 Å². The van der Waals surface area contributed by atoms with Gasteiger partial charge in [0.1, 0.15) is 17.2 Å². The van der Waals surface area contributed by atoms with Crippen LogP contribution in [-0.4, -0.2) is 63.3 Å². The molecule has 0 atom stereocenters. The standard InChI is InChI=1S/C29H29N3O5/c1-34-21-10-8-20(9-11-21)31-14-16-32(17-15-31)29(33)24-7-5-4-6-23(24)28-30-19-27(37-28)25-13-12-22(35-2)18-26(25)36-3/h4-13,18-19H,14-17H2,1-3H3. The zero-order valence-corrected chi connectivity index (χ0v) is 21.1. The lowest BCUT2D eigenvalue weighted by atomic mass is 10.1. The molecule has 1 aromatic heterocycles. The third-order valence-electron chi connectivity index (χ3n) is 6.57. The number of rotatable bonds is 7. The van der Waals surface area contributed by atoms with Crippen molar-refractivity contribution in [1.29, 1.82) is 0 Å². The molecule has 1 aliphatic heterocycles. The normalized spacial score (nSPS) is 13.4. The monoisotopic (exact) mass is 499 g/mol. The van der Waals surface area contributed by atoms with Crippen molar-refractivity contribution in [2.75, 3.05) is 52.4 Å². The quantitative estimate of drug-likeness (QED) is 0.354. The molecule has 1 amide bonds. The molecule has 8 nitrogen and oxygen atoms in total. The van der Waals surface area contributed by atoms with Crippen LogP contribution in [0.3, 0.4) is 0 Å². The number of oxazole rings is 1. The third-order valence-corrected chi connectivity index (χ3v) is 6.57. The van der Waals surface area contributed by atoms with Crippen LogP contribution in [-0.2, 0) is 0 Å². The van der Waals surface area contributed by atoms with Gasteiger partial charge in [-0.25, -0.2) is 4.98 Å². The fraction of sp³-hybridized carbons (Fsp3) is 0.241. The summed E-state index contributed by atoms with van der Waals surface area (Å²) in [4.78, 5) is 22.2. The molecular weight excluding hydrogens is 470 g/mol. The van der Waals surface area contributed by atoms with Crippen molar-refractivity contribution < 1.29 is 23.4 Å². The van der Waals surface area contributed by atoms with Gasteiger partial charge in [0.15, 0.2) is 5.76 Å². The van der Waals surface area contributed by atoms with E-state index in [4.69, 9.17) is 18.6 Å². The van der Waals surface area contributed by atoms with E-state index < -0.39 is 0 Å². The fourth-order valence-corrected chi connectivity index (χ4v) is 4.51. The number of carbonyl (C=O) groups excluding carboxylic acids is 1. The number of hydrogen-bond donors (Lipinski definition) is 0. The van der Waals surface area contributed by atoms with Gasteiger partial charge in [0, 0.05) is 43.5 Å². The van der Waals surface area contributed by atoms with Crippen LogP contribution < -0.4 is 19.1 Å². The van der Waals surface area contributed by atoms with Crippen LogP contribution in [0.4, 0.5) is 5.69 Å². The van der Waals surface area contributed by atoms with Gasteiger partial charge in [-0.05, 0) is 48.5 Å². The van der Waals surface area contributed by atoms with Crippen LogP contribution in [0.1, 0.15) is 10.4 Å². The summed E-state index contributed by atoms with van der Waals surface area (Å²) in [5.41, 5.74) is 3.09. The SMILES string of the molecule is COc1ccc(N2CCN(C(=O)c3ccccc3-c3ncc(-c4ccc(OC)cc4OC)o3)CC2)cc1. The molecule has 190 valence electrons. The summed E-state index contributed by atoms with van der Waals surface area (Å²) in [5, 5.41) is 0. The number of hydrogen-bond acceptors (Lipinski definition) is 7. The fourth-order valence-electron chi connectivity index (χ4n) is 4.51. The minimum absolute atomic E-state index is 0.0354. The number of ether oxygens (including phenoxy) is 3. The Balaban J connectivity index is 1.34. The van der Waals surface area contributed by atoms with E-state index in [-0.39, 0.29) is 5.91 Å². The second-order valence-corrected chi connectivity index (χ2v) is 8.62. The highest BCUT2D eigenvalue weighted by atomic mass is 16.5. The van der Waals surface area contributed by atoms with Crippen molar-refractivity contribution >= 4 is 11.6 Å². The minimum atomic E-state index is -0.0354. The summed E-state index contributed by atoms with van der Waals surface area (Å²) in [6, 6.07) is 20.9. The lowest BCUT2D eigenvalue weighted by Crippen LogP contribution is -2.48. The Kier molecular flexibility index (Phi) is 6.98. The van der Waals surface area contributed by atoms with Crippen molar-refractivity contribution in [3.63, 3.8) is 0 Å². The molecule has 37 heavy (non-hydrogen) atoms. The molecule has 0 bridgehead atoms. The van der Waals surface area contributed by atoms with Gasteiger partial charge < -0.3 is 28.4 Å². The summed E-state index contributed by atoms with van der Waals surface area (Å²) in [5.74, 6) is 3.02. The Labute approximate surface area is 216 Å². The van der Waals surface area contributed by atoms with Gasteiger partial charge >= 0.3 is 0 Å². The number of anilines is 1. The molecule has 1 saturated heterocycles. The van der Waals surface area contributed by atoms with Crippen LogP contribution >= 0.6 is 0 Å². The first-order chi connectivity index (χ1) is 18.1. The Bertz CT molecular complexity index is 1370. The topological polar surface area (TPSA) is 77.3 Å². The maximum atomic E-state index is 13.6. The van der Waals surface area contributed by atoms with E-state index in [9.17, 15) is 4.79 Å². The van der Waals surface area contributed by atoms with Gasteiger partial charge in [-0.2, -0.15) is 0 Å². The largest absolute Gasteiger partial charge is 0.497 e. The van der Waals surface area contributed by atoms with Gasteiger partial charge in [-0.15, -0.1) is 0 Å². The second-order valence-electron chi connectivity index (χ2n) is 8.62. The Morgan fingerprint density at radius 1 is 0.811 bits per heavy atom. The Morgan fingerprint density at radius 3 is 2.22 bits per heavy atom. The molecule has 1 fully saturated rings. The zero-order valence-electron chi connectivity index (χ0n) is 21.1. The lowest BCUT2D eigenvalue weighted by Gasteiger charge is -2.36. The first-order valence-corrected chi connectivity index (χ1v) is 12.1. The van der Waals surface area contributed by atoms with Crippen LogP contribution in [0.2, 0.25) is 0 Å². The molecule has 2 heterocycles. The lowest BCUT2D eigenvalue weighted by molar-refractivity contribution is 0.0747. The van der Waals surface area contributed by atoms with E-state index in [0.29, 0.717) is 47.4 Å². The molecule has 0 unspecified atom stereocenters. The molecular formula is C29H29N3O5. The highest BCUT2D eigenvalue weighted by Gasteiger charge is 2.26. The van der Waals surface area contributed by atoms with E-state index in [1.54, 1.807) is 33.6 Å². The van der Waals surface area contributed by atoms with Crippen molar-refractivity contribution in [3.05, 3.63) is 78.5 Å². The van der Waals surface area contributed by atoms with Crippen molar-refractivity contribution in [2.24, 2.45) is 0 Å². The maximum absolute atomic E-state index is 13.6. The van der Waals surface area contributed by atoms with Crippen LogP contribution in [0, 0.1) is 0 Å². The van der Waals surface area contributed by atoms with Crippen LogP contribution in [0.5, 0.6) is 17.2 Å². The summed E-state index contributed by atoms with van der Waals surface area (Å²) >= 11 is 0. The highest BCUT2D eigenvalue weighted by molar-refractivity contribution is 6.00. The van der Waals surface area contributed by atoms with E-state index in [2.05, 4.69) is 9.88 Å². The molecule has 3 aromatic carbocycles. The van der Waals surface area contributed by atoms with E-state index in [1.807, 2.05) is 65.6 Å². The number of benzene rings is 3. The van der Waals surface area contributed by atoms with Gasteiger partial charge in [-0.3, -0.25) is 4.79 Å². The van der Waals surface area contributed by atoms with E-state index >= 15 is 0 Å². The number of nitrogens with zero attached hydrogens (tertiary/aromatic N) is 3. The van der Waals surface area contributed by atoms with E-state index in [1.165, 1.54) is 0 Å². The van der Waals surface area contributed by atoms with Crippen molar-refractivity contribution in [2.45, 2.75) is 0 Å². The maximum Gasteiger partial charge on any atom is 0.254 e. The molecule has 8 heteroatoms. The molecule has 0 spiro atoms. The van der Waals surface area contributed by atoms with Gasteiger partial charge in [0.05, 0.1) is 38.7 Å². The summed E-state index contributed by atoms with van der Waals surface area (Å²) in [6.45, 7) is 2.75. The van der Waals surface area contributed by atoms with Gasteiger partial charge in [0.25, 0.3) is 5.91 Å². The van der Waals surface area contributed by atoms with Crippen LogP contribution in [0.25, 0.3) is 22.8 Å². The molecule has 5 rings (SSSR count). The third kappa shape index (κ3) is 4.95. The first-order valence-electron chi connectivity index (χ1n) is 12.1. The number of carbonyl (C=O) groups is 1. The van der Waals surface area contributed by atoms with Crippen molar-refractivity contribution in [1.82, 2.24) is 9.88 Å². The minimum Gasteiger partial charge on any atom is -0.497 e. The average Bonchev–Trinajstić information content (AvgIpc) is 3.46. The predicted molar refractivity (Wildman–Crippen MR) is 142 cm³/mol. The molecule has 1 aliphatic rings. The summed E-state index contributed by atoms with van der Waals surface area (Å²) < 4.78 is 22.2. The molecule has 4 aromatic rings. The van der Waals surface area contributed by atoms with Crippen molar-refractivity contribution in [3.8, 4) is 40.0 Å². The predicted octanol–water partition coefficient (Wildman–Crippen LogP) is 5.00. The summed E-state index contributed by atoms with van der Waals surface area (Å²) in [7, 11) is 4.86.